The topological polar surface area (TPSA) is 84.9 Å². The number of hydrogen-bond donors (Lipinski definition) is 1. The van der Waals surface area contributed by atoms with Gasteiger partial charge in [0.2, 0.25) is 10.8 Å². The van der Waals surface area contributed by atoms with E-state index >= 15 is 0 Å². The quantitative estimate of drug-likeness (QED) is 0.683. The van der Waals surface area contributed by atoms with Gasteiger partial charge in [0, 0.05) is 4.47 Å². The number of nitrogens with zero attached hydrogens (tertiary/aromatic N) is 4. The van der Waals surface area contributed by atoms with Gasteiger partial charge >= 0.3 is 0 Å². The summed E-state index contributed by atoms with van der Waals surface area (Å²) >= 11 is 4.77. The van der Waals surface area contributed by atoms with Crippen molar-refractivity contribution >= 4 is 48.3 Å². The van der Waals surface area contributed by atoms with Crippen LogP contribution < -0.4 is 5.43 Å². The lowest BCUT2D eigenvalue weighted by molar-refractivity contribution is 1.30. The molecule has 0 fully saturated rings. The molecule has 0 aliphatic carbocycles. The summed E-state index contributed by atoms with van der Waals surface area (Å²) in [6.45, 7) is 0. The summed E-state index contributed by atoms with van der Waals surface area (Å²) < 4.78 is 1.96. The largest absolute Gasteiger partial charge is 0.251 e. The number of hydrogen-bond acceptors (Lipinski definition) is 6. The van der Waals surface area contributed by atoms with E-state index in [0.29, 0.717) is 5.13 Å². The molecular weight excluding hydrogens is 302 g/mol. The third-order valence-corrected chi connectivity index (χ3v) is 3.24. The Balaban J connectivity index is 2.30. The Labute approximate surface area is 109 Å². The van der Waals surface area contributed by atoms with Crippen molar-refractivity contribution in [1.29, 1.82) is 10.5 Å². The van der Waals surface area contributed by atoms with Crippen LogP contribution in [-0.2, 0) is 0 Å². The van der Waals surface area contributed by atoms with E-state index in [0.717, 1.165) is 14.7 Å². The van der Waals surface area contributed by atoms with Crippen molar-refractivity contribution in [3.8, 4) is 12.1 Å². The van der Waals surface area contributed by atoms with Crippen molar-refractivity contribution in [2.45, 2.75) is 0 Å². The van der Waals surface area contributed by atoms with Crippen molar-refractivity contribution in [2.75, 3.05) is 5.43 Å². The van der Waals surface area contributed by atoms with E-state index in [1.807, 2.05) is 18.2 Å². The average Bonchev–Trinajstić information content (AvgIpc) is 2.72. The summed E-state index contributed by atoms with van der Waals surface area (Å²) in [5, 5.41) is 21.2. The van der Waals surface area contributed by atoms with Gasteiger partial charge in [0.05, 0.1) is 10.2 Å². The molecule has 5 nitrogen and oxygen atoms in total. The lowest BCUT2D eigenvalue weighted by Crippen LogP contribution is -1.95. The zero-order valence-electron chi connectivity index (χ0n) is 8.31. The first-order valence-electron chi connectivity index (χ1n) is 4.43. The normalized spacial score (nSPS) is 9.35. The molecule has 7 heteroatoms. The molecule has 0 saturated heterocycles. The van der Waals surface area contributed by atoms with Crippen LogP contribution in [0.3, 0.4) is 0 Å². The van der Waals surface area contributed by atoms with Gasteiger partial charge in [0.15, 0.2) is 0 Å². The Morgan fingerprint density at radius 1 is 1.41 bits per heavy atom. The van der Waals surface area contributed by atoms with Crippen LogP contribution in [0.1, 0.15) is 0 Å². The molecule has 0 radical (unpaired) electrons. The van der Waals surface area contributed by atoms with Crippen LogP contribution in [0.25, 0.3) is 10.2 Å². The van der Waals surface area contributed by atoms with Crippen LogP contribution in [-0.4, -0.2) is 10.7 Å². The molecule has 0 amide bonds. The van der Waals surface area contributed by atoms with Crippen LogP contribution in [0.4, 0.5) is 5.13 Å². The standard InChI is InChI=1S/C10H4BrN5S/c11-6-1-2-8-9(3-6)17-10(14-8)16-15-7(4-12)5-13/h1-3H,(H,14,16). The molecule has 82 valence electrons. The SMILES string of the molecule is N#CC(C#N)=NNc1nc2ccc(Br)cc2s1. The molecule has 0 spiro atoms. The molecule has 0 bridgehead atoms. The molecule has 2 rings (SSSR count). The molecule has 1 heterocycles. The van der Waals surface area contributed by atoms with E-state index in [4.69, 9.17) is 10.5 Å². The van der Waals surface area contributed by atoms with Gasteiger partial charge in [0.25, 0.3) is 0 Å². The van der Waals surface area contributed by atoms with Gasteiger partial charge in [-0.15, -0.1) is 0 Å². The molecule has 0 atom stereocenters. The molecule has 1 aromatic carbocycles. The monoisotopic (exact) mass is 305 g/mol. The lowest BCUT2D eigenvalue weighted by Gasteiger charge is -1.89. The fraction of sp³-hybridized carbons (Fsp3) is 0. The van der Waals surface area contributed by atoms with Gasteiger partial charge in [-0.3, -0.25) is 5.43 Å². The average molecular weight is 306 g/mol. The maximum Gasteiger partial charge on any atom is 0.237 e. The van der Waals surface area contributed by atoms with Gasteiger partial charge in [-0.2, -0.15) is 15.6 Å². The number of anilines is 1. The van der Waals surface area contributed by atoms with Crippen LogP contribution >= 0.6 is 27.3 Å². The van der Waals surface area contributed by atoms with Crippen LogP contribution in [0, 0.1) is 22.7 Å². The Morgan fingerprint density at radius 2 is 2.18 bits per heavy atom. The summed E-state index contributed by atoms with van der Waals surface area (Å²) in [5.41, 5.74) is 3.20. The Morgan fingerprint density at radius 3 is 2.88 bits per heavy atom. The molecule has 0 unspecified atom stereocenters. The van der Waals surface area contributed by atoms with Crippen molar-refractivity contribution in [1.82, 2.24) is 4.98 Å². The third kappa shape index (κ3) is 2.59. The molecular formula is C10H4BrN5S. The maximum atomic E-state index is 8.51. The number of aromatic nitrogens is 1. The third-order valence-electron chi connectivity index (χ3n) is 1.83. The van der Waals surface area contributed by atoms with Crippen molar-refractivity contribution in [3.63, 3.8) is 0 Å². The molecule has 0 aliphatic heterocycles. The van der Waals surface area contributed by atoms with Gasteiger partial charge in [-0.1, -0.05) is 27.3 Å². The highest BCUT2D eigenvalue weighted by Crippen LogP contribution is 2.28. The van der Waals surface area contributed by atoms with E-state index in [1.54, 1.807) is 12.1 Å². The molecule has 0 aliphatic rings. The predicted octanol–water partition coefficient (Wildman–Crippen LogP) is 2.87. The molecule has 2 aromatic rings. The lowest BCUT2D eigenvalue weighted by atomic mass is 10.3. The minimum absolute atomic E-state index is 0.231. The van der Waals surface area contributed by atoms with Crippen molar-refractivity contribution in [3.05, 3.63) is 22.7 Å². The van der Waals surface area contributed by atoms with Gasteiger partial charge in [0.1, 0.15) is 12.1 Å². The summed E-state index contributed by atoms with van der Waals surface area (Å²) in [7, 11) is 0. The van der Waals surface area contributed by atoms with Gasteiger partial charge in [-0.05, 0) is 18.2 Å². The number of benzene rings is 1. The van der Waals surface area contributed by atoms with Crippen molar-refractivity contribution < 1.29 is 0 Å². The smallest absolute Gasteiger partial charge is 0.237 e. The second kappa shape index (κ2) is 4.91. The fourth-order valence-corrected chi connectivity index (χ4v) is 2.49. The number of thiazole rings is 1. The number of nitrogens with one attached hydrogen (secondary N) is 1. The minimum atomic E-state index is -0.231. The first-order chi connectivity index (χ1) is 8.22. The van der Waals surface area contributed by atoms with Gasteiger partial charge < -0.3 is 0 Å². The summed E-state index contributed by atoms with van der Waals surface area (Å²) in [6.07, 6.45) is 0. The van der Waals surface area contributed by atoms with Crippen LogP contribution in [0.5, 0.6) is 0 Å². The number of halogens is 1. The Kier molecular flexibility index (Phi) is 3.33. The molecule has 17 heavy (non-hydrogen) atoms. The van der Waals surface area contributed by atoms with Crippen LogP contribution in [0.15, 0.2) is 27.8 Å². The van der Waals surface area contributed by atoms with E-state index in [9.17, 15) is 0 Å². The zero-order valence-corrected chi connectivity index (χ0v) is 10.7. The first kappa shape index (κ1) is 11.5. The highest BCUT2D eigenvalue weighted by molar-refractivity contribution is 9.10. The highest BCUT2D eigenvalue weighted by Gasteiger charge is 2.03. The van der Waals surface area contributed by atoms with Gasteiger partial charge in [-0.25, -0.2) is 4.98 Å². The second-order valence-corrected chi connectivity index (χ2v) is 4.87. The van der Waals surface area contributed by atoms with E-state index in [2.05, 4.69) is 31.4 Å². The number of nitriles is 2. The summed E-state index contributed by atoms with van der Waals surface area (Å²) in [6, 6.07) is 9.03. The maximum absolute atomic E-state index is 8.51. The Bertz CT molecular complexity index is 660. The zero-order chi connectivity index (χ0) is 12.3. The highest BCUT2D eigenvalue weighted by atomic mass is 79.9. The molecule has 1 N–H and O–H groups in total. The van der Waals surface area contributed by atoms with E-state index < -0.39 is 0 Å². The number of fused-ring (bicyclic) bond motifs is 1. The van der Waals surface area contributed by atoms with Crippen molar-refractivity contribution in [2.24, 2.45) is 5.10 Å². The summed E-state index contributed by atoms with van der Waals surface area (Å²) in [4.78, 5) is 4.26. The Hall–Kier alpha value is -1.96. The number of rotatable bonds is 2. The van der Waals surface area contributed by atoms with E-state index in [1.165, 1.54) is 11.3 Å². The molecule has 0 saturated carbocycles. The summed E-state index contributed by atoms with van der Waals surface area (Å²) in [5.74, 6) is 0. The predicted molar refractivity (Wildman–Crippen MR) is 69.6 cm³/mol. The van der Waals surface area contributed by atoms with E-state index in [-0.39, 0.29) is 5.71 Å². The first-order valence-corrected chi connectivity index (χ1v) is 6.04. The number of hydrazone groups is 1. The molecule has 1 aromatic heterocycles. The van der Waals surface area contributed by atoms with Crippen LogP contribution in [0.2, 0.25) is 0 Å². The second-order valence-electron chi connectivity index (χ2n) is 2.93. The fourth-order valence-electron chi connectivity index (χ4n) is 1.12. The minimum Gasteiger partial charge on any atom is -0.251 e.